The number of aromatic nitrogens is 2. The molecule has 2 fully saturated rings. The number of nitrogens with one attached hydrogen (secondary N) is 1. The highest BCUT2D eigenvalue weighted by molar-refractivity contribution is 4.91. The van der Waals surface area contributed by atoms with Crippen LogP contribution in [0.4, 0.5) is 0 Å². The Kier molecular flexibility index (Phi) is 3.90. The molecule has 100 valence electrons. The predicted octanol–water partition coefficient (Wildman–Crippen LogP) is 1.33. The van der Waals surface area contributed by atoms with Gasteiger partial charge in [0, 0.05) is 19.4 Å². The number of ether oxygens (including phenoxy) is 1. The molecule has 2 aliphatic rings. The van der Waals surface area contributed by atoms with E-state index in [9.17, 15) is 0 Å². The fourth-order valence-corrected chi connectivity index (χ4v) is 2.80. The molecule has 1 N–H and O–H groups in total. The first-order valence-electron chi connectivity index (χ1n) is 7.04. The Morgan fingerprint density at radius 3 is 2.83 bits per heavy atom. The van der Waals surface area contributed by atoms with Crippen LogP contribution >= 0.6 is 0 Å². The summed E-state index contributed by atoms with van der Waals surface area (Å²) in [5.74, 6) is 2.31. The van der Waals surface area contributed by atoms with Gasteiger partial charge >= 0.3 is 0 Å². The van der Waals surface area contributed by atoms with Crippen LogP contribution in [0.1, 0.15) is 37.4 Å². The van der Waals surface area contributed by atoms with Crippen LogP contribution in [-0.2, 0) is 17.6 Å². The molecule has 5 nitrogen and oxygen atoms in total. The lowest BCUT2D eigenvalue weighted by Crippen LogP contribution is -2.28. The summed E-state index contributed by atoms with van der Waals surface area (Å²) in [6.45, 7) is 3.10. The molecule has 1 atom stereocenters. The SMILES string of the molecule is C1COC(Cc2noc(CC3CCNCC3)n2)C1. The van der Waals surface area contributed by atoms with Crippen LogP contribution in [-0.4, -0.2) is 35.9 Å². The second kappa shape index (κ2) is 5.80. The molecule has 5 heteroatoms. The van der Waals surface area contributed by atoms with Crippen LogP contribution in [0.25, 0.3) is 0 Å². The summed E-state index contributed by atoms with van der Waals surface area (Å²) in [6.07, 6.45) is 6.74. The molecule has 0 aliphatic carbocycles. The van der Waals surface area contributed by atoms with E-state index in [4.69, 9.17) is 9.26 Å². The molecule has 2 aliphatic heterocycles. The van der Waals surface area contributed by atoms with Gasteiger partial charge in [0.05, 0.1) is 6.10 Å². The van der Waals surface area contributed by atoms with Gasteiger partial charge in [-0.25, -0.2) is 0 Å². The van der Waals surface area contributed by atoms with Crippen molar-refractivity contribution in [2.24, 2.45) is 5.92 Å². The highest BCUT2D eigenvalue weighted by Gasteiger charge is 2.21. The summed E-state index contributed by atoms with van der Waals surface area (Å²) in [6, 6.07) is 0. The standard InChI is InChI=1S/C13H21N3O2/c1-2-11(17-7-1)9-12-15-13(18-16-12)8-10-3-5-14-6-4-10/h10-11,14H,1-9H2. The summed E-state index contributed by atoms with van der Waals surface area (Å²) in [4.78, 5) is 4.49. The van der Waals surface area contributed by atoms with Crippen LogP contribution in [0, 0.1) is 5.92 Å². The van der Waals surface area contributed by atoms with Crippen LogP contribution in [0.15, 0.2) is 4.52 Å². The first-order valence-corrected chi connectivity index (χ1v) is 7.04. The Morgan fingerprint density at radius 2 is 2.06 bits per heavy atom. The van der Waals surface area contributed by atoms with E-state index in [0.29, 0.717) is 12.0 Å². The van der Waals surface area contributed by atoms with E-state index in [1.807, 2.05) is 0 Å². The van der Waals surface area contributed by atoms with Gasteiger partial charge in [-0.1, -0.05) is 5.16 Å². The zero-order valence-electron chi connectivity index (χ0n) is 10.7. The normalized spacial score (nSPS) is 25.7. The van der Waals surface area contributed by atoms with Gasteiger partial charge in [0.25, 0.3) is 0 Å². The lowest BCUT2D eigenvalue weighted by atomic mass is 9.95. The lowest BCUT2D eigenvalue weighted by molar-refractivity contribution is 0.109. The minimum absolute atomic E-state index is 0.300. The van der Waals surface area contributed by atoms with Crippen molar-refractivity contribution in [3.8, 4) is 0 Å². The number of hydrogen-bond acceptors (Lipinski definition) is 5. The van der Waals surface area contributed by atoms with E-state index in [-0.39, 0.29) is 0 Å². The first-order chi connectivity index (χ1) is 8.90. The fourth-order valence-electron chi connectivity index (χ4n) is 2.80. The molecule has 18 heavy (non-hydrogen) atoms. The monoisotopic (exact) mass is 251 g/mol. The van der Waals surface area contributed by atoms with Gasteiger partial charge in [-0.05, 0) is 44.7 Å². The molecule has 0 amide bonds. The Labute approximate surface area is 107 Å². The van der Waals surface area contributed by atoms with Crippen molar-refractivity contribution in [2.75, 3.05) is 19.7 Å². The maximum Gasteiger partial charge on any atom is 0.226 e. The summed E-state index contributed by atoms with van der Waals surface area (Å²) >= 11 is 0. The van der Waals surface area contributed by atoms with Crippen molar-refractivity contribution in [3.63, 3.8) is 0 Å². The van der Waals surface area contributed by atoms with Gasteiger partial charge < -0.3 is 14.6 Å². The molecule has 1 unspecified atom stereocenters. The minimum Gasteiger partial charge on any atom is -0.378 e. The first kappa shape index (κ1) is 12.1. The quantitative estimate of drug-likeness (QED) is 0.875. The largest absolute Gasteiger partial charge is 0.378 e. The zero-order chi connectivity index (χ0) is 12.2. The van der Waals surface area contributed by atoms with Crippen LogP contribution in [0.3, 0.4) is 0 Å². The zero-order valence-corrected chi connectivity index (χ0v) is 10.7. The lowest BCUT2D eigenvalue weighted by Gasteiger charge is -2.20. The van der Waals surface area contributed by atoms with Crippen molar-refractivity contribution in [1.29, 1.82) is 0 Å². The van der Waals surface area contributed by atoms with Gasteiger partial charge in [-0.2, -0.15) is 4.98 Å². The molecule has 0 radical (unpaired) electrons. The molecule has 1 aromatic rings. The van der Waals surface area contributed by atoms with Crippen molar-refractivity contribution in [2.45, 2.75) is 44.6 Å². The van der Waals surface area contributed by atoms with Gasteiger partial charge in [0.15, 0.2) is 5.82 Å². The Bertz CT molecular complexity index is 368. The molecule has 0 spiro atoms. The maximum atomic E-state index is 5.59. The van der Waals surface area contributed by atoms with Crippen molar-refractivity contribution >= 4 is 0 Å². The Balaban J connectivity index is 1.52. The summed E-state index contributed by atoms with van der Waals surface area (Å²) in [5, 5.41) is 7.43. The maximum absolute atomic E-state index is 5.59. The van der Waals surface area contributed by atoms with E-state index >= 15 is 0 Å². The third kappa shape index (κ3) is 3.09. The predicted molar refractivity (Wildman–Crippen MR) is 66.3 cm³/mol. The number of rotatable bonds is 4. The van der Waals surface area contributed by atoms with Crippen molar-refractivity contribution in [3.05, 3.63) is 11.7 Å². The highest BCUT2D eigenvalue weighted by atomic mass is 16.5. The van der Waals surface area contributed by atoms with Gasteiger partial charge in [0.1, 0.15) is 0 Å². The molecule has 2 saturated heterocycles. The van der Waals surface area contributed by atoms with E-state index < -0.39 is 0 Å². The molecule has 0 aromatic carbocycles. The van der Waals surface area contributed by atoms with E-state index in [0.717, 1.165) is 57.1 Å². The van der Waals surface area contributed by atoms with Crippen molar-refractivity contribution < 1.29 is 9.26 Å². The highest BCUT2D eigenvalue weighted by Crippen LogP contribution is 2.19. The Hall–Kier alpha value is -0.940. The Morgan fingerprint density at radius 1 is 1.17 bits per heavy atom. The third-order valence-electron chi connectivity index (χ3n) is 3.87. The van der Waals surface area contributed by atoms with Gasteiger partial charge in [-0.15, -0.1) is 0 Å². The molecule has 0 bridgehead atoms. The third-order valence-corrected chi connectivity index (χ3v) is 3.87. The minimum atomic E-state index is 0.300. The molecule has 3 rings (SSSR count). The average molecular weight is 251 g/mol. The second-order valence-corrected chi connectivity index (χ2v) is 5.34. The molecular weight excluding hydrogens is 230 g/mol. The van der Waals surface area contributed by atoms with Crippen molar-refractivity contribution in [1.82, 2.24) is 15.5 Å². The molecular formula is C13H21N3O2. The van der Waals surface area contributed by atoms with Crippen LogP contribution in [0.5, 0.6) is 0 Å². The number of piperidine rings is 1. The number of nitrogens with zero attached hydrogens (tertiary/aromatic N) is 2. The van der Waals surface area contributed by atoms with Crippen LogP contribution in [0.2, 0.25) is 0 Å². The van der Waals surface area contributed by atoms with Gasteiger partial charge in [0.2, 0.25) is 5.89 Å². The molecule has 3 heterocycles. The average Bonchev–Trinajstić information content (AvgIpc) is 3.03. The molecule has 1 aromatic heterocycles. The van der Waals surface area contributed by atoms with Crippen LogP contribution < -0.4 is 5.32 Å². The van der Waals surface area contributed by atoms with Gasteiger partial charge in [-0.3, -0.25) is 0 Å². The van der Waals surface area contributed by atoms with E-state index in [1.54, 1.807) is 0 Å². The number of hydrogen-bond donors (Lipinski definition) is 1. The second-order valence-electron chi connectivity index (χ2n) is 5.34. The smallest absolute Gasteiger partial charge is 0.226 e. The summed E-state index contributed by atoms with van der Waals surface area (Å²) in [5.41, 5.74) is 0. The van der Waals surface area contributed by atoms with E-state index in [2.05, 4.69) is 15.5 Å². The summed E-state index contributed by atoms with van der Waals surface area (Å²) < 4.78 is 10.9. The molecule has 0 saturated carbocycles. The fraction of sp³-hybridized carbons (Fsp3) is 0.846. The summed E-state index contributed by atoms with van der Waals surface area (Å²) in [7, 11) is 0. The van der Waals surface area contributed by atoms with E-state index in [1.165, 1.54) is 12.8 Å². The topological polar surface area (TPSA) is 60.2 Å².